The first-order valence-corrected chi connectivity index (χ1v) is 16.4. The number of aromatic nitrogens is 2. The predicted molar refractivity (Wildman–Crippen MR) is 195 cm³/mol. The van der Waals surface area contributed by atoms with Gasteiger partial charge < -0.3 is 20.5 Å². The van der Waals surface area contributed by atoms with E-state index in [2.05, 4.69) is 25.0 Å². The molecule has 0 bridgehead atoms. The fraction of sp³-hybridized carbons (Fsp3) is 0.188. The van der Waals surface area contributed by atoms with Gasteiger partial charge in [0, 0.05) is 45.0 Å². The van der Waals surface area contributed by atoms with Gasteiger partial charge in [0.1, 0.15) is 29.9 Å². The number of benzene rings is 2. The van der Waals surface area contributed by atoms with E-state index in [4.69, 9.17) is 39.1 Å². The topological polar surface area (TPSA) is 187 Å². The minimum atomic E-state index is -0.703. The number of methoxy groups -OCH3 is 2. The Hall–Kier alpha value is -4.61. The van der Waals surface area contributed by atoms with Crippen LogP contribution in [-0.4, -0.2) is 59.9 Å². The predicted octanol–water partition coefficient (Wildman–Crippen LogP) is 6.75. The van der Waals surface area contributed by atoms with E-state index < -0.39 is 29.6 Å². The maximum Gasteiger partial charge on any atom is 0.338 e. The quantitative estimate of drug-likeness (QED) is 0.0593. The number of nitrogens with zero attached hydrogens (tertiary/aromatic N) is 3. The number of rotatable bonds is 7. The molecule has 0 saturated heterocycles. The van der Waals surface area contributed by atoms with Crippen molar-refractivity contribution in [2.45, 2.75) is 26.3 Å². The number of thiazole rings is 2. The molecular formula is C32H31Cl3F2N6O6S2. The van der Waals surface area contributed by atoms with Crippen molar-refractivity contribution >= 4 is 94.0 Å². The molecule has 19 heteroatoms. The Morgan fingerprint density at radius 3 is 2.04 bits per heavy atom. The van der Waals surface area contributed by atoms with Crippen LogP contribution in [0.4, 0.5) is 8.78 Å². The standard InChI is InChI=1S/C16H13ClFN3O2S.C7H4ClFO.C5H8O3.C4H5N3S.ClH/c1-8-12(16(22)23-2)13(10-4-3-9(18)7-11(10)17)21-14(20-8)15-19-5-6-24-15;8-7-3-6(9)2-1-5(7)4-10;1-4(6)3-5(7)8-2;5-3(6)4-7-1-2-8-4;/h3-7,13H,1-2H3,(H,20,21);1-4H;3H2,1-2H3;1-2H,(H3,5,6);1H. The lowest BCUT2D eigenvalue weighted by Crippen LogP contribution is -2.32. The third kappa shape index (κ3) is 14.3. The number of esters is 2. The summed E-state index contributed by atoms with van der Waals surface area (Å²) < 4.78 is 34.7. The first-order valence-electron chi connectivity index (χ1n) is 13.9. The maximum atomic E-state index is 13.4. The molecule has 1 unspecified atom stereocenters. The molecule has 4 N–H and O–H groups in total. The largest absolute Gasteiger partial charge is 0.469 e. The Morgan fingerprint density at radius 2 is 1.61 bits per heavy atom. The molecule has 0 spiro atoms. The average molecular weight is 804 g/mol. The number of amidine groups is 2. The molecule has 0 radical (unpaired) electrons. The second-order valence-corrected chi connectivity index (χ2v) is 12.1. The van der Waals surface area contributed by atoms with Gasteiger partial charge in [0.15, 0.2) is 28.0 Å². The average Bonchev–Trinajstić information content (AvgIpc) is 3.81. The number of aldehydes is 1. The molecule has 2 aromatic carbocycles. The second kappa shape index (κ2) is 22.3. The summed E-state index contributed by atoms with van der Waals surface area (Å²) in [6.45, 7) is 3.09. The van der Waals surface area contributed by atoms with Gasteiger partial charge in [0.2, 0.25) is 0 Å². The summed E-state index contributed by atoms with van der Waals surface area (Å²) in [5.41, 5.74) is 6.83. The van der Waals surface area contributed by atoms with Crippen molar-refractivity contribution in [1.82, 2.24) is 15.3 Å². The number of nitrogens with one attached hydrogen (secondary N) is 2. The molecule has 0 aliphatic carbocycles. The van der Waals surface area contributed by atoms with Crippen LogP contribution in [0.5, 0.6) is 0 Å². The number of hydrogen-bond acceptors (Lipinski definition) is 13. The zero-order valence-electron chi connectivity index (χ0n) is 27.2. The normalized spacial score (nSPS) is 12.7. The highest BCUT2D eigenvalue weighted by atomic mass is 35.5. The Labute approximate surface area is 315 Å². The van der Waals surface area contributed by atoms with Gasteiger partial charge in [-0.1, -0.05) is 29.3 Å². The van der Waals surface area contributed by atoms with E-state index in [-0.39, 0.29) is 40.5 Å². The molecule has 1 aliphatic heterocycles. The molecule has 1 aliphatic rings. The van der Waals surface area contributed by atoms with E-state index >= 15 is 0 Å². The van der Waals surface area contributed by atoms with Crippen molar-refractivity contribution in [1.29, 1.82) is 5.41 Å². The molecule has 0 saturated carbocycles. The molecule has 0 amide bonds. The van der Waals surface area contributed by atoms with Gasteiger partial charge in [-0.2, -0.15) is 0 Å². The zero-order chi connectivity index (χ0) is 37.4. The van der Waals surface area contributed by atoms with Gasteiger partial charge in [-0.3, -0.25) is 24.8 Å². The second-order valence-electron chi connectivity index (χ2n) is 9.53. The summed E-state index contributed by atoms with van der Waals surface area (Å²) in [4.78, 5) is 55.2. The van der Waals surface area contributed by atoms with Gasteiger partial charge in [-0.15, -0.1) is 35.1 Å². The van der Waals surface area contributed by atoms with Crippen molar-refractivity contribution in [3.8, 4) is 0 Å². The van der Waals surface area contributed by atoms with E-state index in [1.165, 1.54) is 74.1 Å². The molecule has 1 atom stereocenters. The number of carbonyl (C=O) groups excluding carboxylic acids is 4. The lowest BCUT2D eigenvalue weighted by molar-refractivity contribution is -0.143. The summed E-state index contributed by atoms with van der Waals surface area (Å²) in [6, 6.07) is 6.93. The first-order chi connectivity index (χ1) is 23.7. The number of aliphatic imine (C=N–C) groups is 1. The molecule has 272 valence electrons. The summed E-state index contributed by atoms with van der Waals surface area (Å²) in [6.07, 6.45) is 3.76. The maximum absolute atomic E-state index is 13.4. The molecule has 51 heavy (non-hydrogen) atoms. The summed E-state index contributed by atoms with van der Waals surface area (Å²) >= 11 is 14.4. The minimum absolute atomic E-state index is 0. The van der Waals surface area contributed by atoms with Crippen molar-refractivity contribution in [2.24, 2.45) is 10.7 Å². The van der Waals surface area contributed by atoms with Crippen molar-refractivity contribution in [3.63, 3.8) is 0 Å². The third-order valence-electron chi connectivity index (χ3n) is 5.91. The highest BCUT2D eigenvalue weighted by Gasteiger charge is 2.32. The van der Waals surface area contributed by atoms with Crippen molar-refractivity contribution in [3.05, 3.63) is 114 Å². The van der Waals surface area contributed by atoms with Gasteiger partial charge in [0.25, 0.3) is 0 Å². The Bertz CT molecular complexity index is 1880. The van der Waals surface area contributed by atoms with Gasteiger partial charge >= 0.3 is 11.9 Å². The van der Waals surface area contributed by atoms with E-state index in [9.17, 15) is 28.0 Å². The SMILES string of the molecule is COC(=O)C1=C(C)NC(c2nccs2)=NC1c1ccc(F)cc1Cl.COC(=O)CC(C)=O.Cl.N=C(N)c1nccs1.O=Cc1ccc(F)cc1Cl. The number of ketones is 1. The number of carbonyl (C=O) groups is 4. The molecule has 2 aromatic heterocycles. The molecule has 0 fully saturated rings. The number of ether oxygens (including phenoxy) is 2. The monoisotopic (exact) mass is 802 g/mol. The number of hydrogen-bond donors (Lipinski definition) is 3. The molecule has 4 aromatic rings. The Balaban J connectivity index is 0.000000397. The Kier molecular flexibility index (Phi) is 19.4. The lowest BCUT2D eigenvalue weighted by atomic mass is 9.96. The van der Waals surface area contributed by atoms with Crippen LogP contribution in [0.25, 0.3) is 0 Å². The van der Waals surface area contributed by atoms with Crippen molar-refractivity contribution in [2.75, 3.05) is 14.2 Å². The molecule has 5 rings (SSSR count). The fourth-order valence-corrected chi connectivity index (χ4v) is 5.25. The van der Waals surface area contributed by atoms with Crippen LogP contribution in [0.1, 0.15) is 52.2 Å². The number of nitrogens with two attached hydrogens (primary N) is 1. The minimum Gasteiger partial charge on any atom is -0.469 e. The smallest absolute Gasteiger partial charge is 0.338 e. The number of Topliss-reactive ketones (excluding diaryl/α,β-unsaturated/α-hetero) is 1. The van der Waals surface area contributed by atoms with Crippen LogP contribution in [0, 0.1) is 17.0 Å². The lowest BCUT2D eigenvalue weighted by Gasteiger charge is -2.25. The Morgan fingerprint density at radius 1 is 1.00 bits per heavy atom. The highest BCUT2D eigenvalue weighted by molar-refractivity contribution is 7.12. The van der Waals surface area contributed by atoms with E-state index in [0.717, 1.165) is 6.07 Å². The summed E-state index contributed by atoms with van der Waals surface area (Å²) in [5.74, 6) is -1.49. The van der Waals surface area contributed by atoms with Crippen LogP contribution in [0.3, 0.4) is 0 Å². The number of halogens is 5. The molecule has 3 heterocycles. The van der Waals surface area contributed by atoms with Crippen molar-refractivity contribution < 1.29 is 37.4 Å². The third-order valence-corrected chi connectivity index (χ3v) is 8.15. The fourth-order valence-electron chi connectivity index (χ4n) is 3.68. The van der Waals surface area contributed by atoms with Gasteiger partial charge in [0.05, 0.1) is 24.8 Å². The van der Waals surface area contributed by atoms with Crippen LogP contribution in [0.15, 0.2) is 75.8 Å². The van der Waals surface area contributed by atoms with E-state index in [1.807, 2.05) is 5.38 Å². The van der Waals surface area contributed by atoms with Crippen LogP contribution in [-0.2, 0) is 23.9 Å². The molecule has 12 nitrogen and oxygen atoms in total. The van der Waals surface area contributed by atoms with Gasteiger partial charge in [-0.25, -0.2) is 23.5 Å². The highest BCUT2D eigenvalue weighted by Crippen LogP contribution is 2.36. The number of nitrogen functional groups attached to an aromatic ring is 1. The van der Waals surface area contributed by atoms with Crippen LogP contribution >= 0.6 is 58.3 Å². The molecular weight excluding hydrogens is 773 g/mol. The van der Waals surface area contributed by atoms with E-state index in [0.29, 0.717) is 44.5 Å². The van der Waals surface area contributed by atoms with Crippen LogP contribution < -0.4 is 11.1 Å². The summed E-state index contributed by atoms with van der Waals surface area (Å²) in [5, 5.41) is 15.2. The van der Waals surface area contributed by atoms with Crippen LogP contribution in [0.2, 0.25) is 10.0 Å². The van der Waals surface area contributed by atoms with Gasteiger partial charge in [-0.05, 0) is 44.2 Å². The van der Waals surface area contributed by atoms with E-state index in [1.54, 1.807) is 24.7 Å². The number of allylic oxidation sites excluding steroid dienone is 1. The summed E-state index contributed by atoms with van der Waals surface area (Å²) in [7, 11) is 2.55. The first kappa shape index (κ1) is 44.4. The zero-order valence-corrected chi connectivity index (χ0v) is 31.2.